The number of hydrogen-bond donors (Lipinski definition) is 2. The Morgan fingerprint density at radius 2 is 2.15 bits per heavy atom. The van der Waals surface area contributed by atoms with Gasteiger partial charge in [0.05, 0.1) is 0 Å². The Balaban J connectivity index is 1.87. The fraction of sp³-hybridized carbons (Fsp3) is 0. The zero-order chi connectivity index (χ0) is 14.4. The molecule has 0 bridgehead atoms. The standard InChI is InChI=1S/C14H11BrFN3O/c15-11-4-5-13(18-9-11)19-14(20)17-7-6-10-2-1-3-12(16)8-10/h1-9H,(H2,17,18,19,20)/b7-6+. The topological polar surface area (TPSA) is 54.0 Å². The Labute approximate surface area is 123 Å². The highest BCUT2D eigenvalue weighted by Crippen LogP contribution is 2.10. The lowest BCUT2D eigenvalue weighted by Gasteiger charge is -2.03. The number of benzene rings is 1. The molecule has 20 heavy (non-hydrogen) atoms. The average molecular weight is 336 g/mol. The number of rotatable bonds is 3. The van der Waals surface area contributed by atoms with Gasteiger partial charge < -0.3 is 5.32 Å². The van der Waals surface area contributed by atoms with Gasteiger partial charge in [-0.1, -0.05) is 12.1 Å². The summed E-state index contributed by atoms with van der Waals surface area (Å²) in [6.07, 6.45) is 4.61. The first-order valence-electron chi connectivity index (χ1n) is 5.75. The predicted octanol–water partition coefficient (Wildman–Crippen LogP) is 3.78. The number of carbonyl (C=O) groups excluding carboxylic acids is 1. The van der Waals surface area contributed by atoms with E-state index in [9.17, 15) is 9.18 Å². The van der Waals surface area contributed by atoms with Crippen LogP contribution >= 0.6 is 15.9 Å². The second-order valence-corrected chi connectivity index (χ2v) is 4.76. The van der Waals surface area contributed by atoms with E-state index in [1.165, 1.54) is 18.3 Å². The van der Waals surface area contributed by atoms with E-state index in [1.54, 1.807) is 36.5 Å². The third kappa shape index (κ3) is 4.47. The van der Waals surface area contributed by atoms with Crippen molar-refractivity contribution in [1.29, 1.82) is 0 Å². The lowest BCUT2D eigenvalue weighted by molar-refractivity contribution is 0.255. The molecule has 0 radical (unpaired) electrons. The summed E-state index contributed by atoms with van der Waals surface area (Å²) in [5, 5.41) is 5.07. The number of hydrogen-bond acceptors (Lipinski definition) is 2. The Bertz CT molecular complexity index is 629. The zero-order valence-electron chi connectivity index (χ0n) is 10.3. The molecule has 2 rings (SSSR count). The van der Waals surface area contributed by atoms with Crippen molar-refractivity contribution in [1.82, 2.24) is 10.3 Å². The van der Waals surface area contributed by atoms with E-state index >= 15 is 0 Å². The maximum Gasteiger partial charge on any atom is 0.324 e. The highest BCUT2D eigenvalue weighted by molar-refractivity contribution is 9.10. The van der Waals surface area contributed by atoms with Gasteiger partial charge in [0.1, 0.15) is 11.6 Å². The summed E-state index contributed by atoms with van der Waals surface area (Å²) < 4.78 is 13.8. The van der Waals surface area contributed by atoms with Gasteiger partial charge in [0, 0.05) is 16.9 Å². The second kappa shape index (κ2) is 6.81. The van der Waals surface area contributed by atoms with E-state index in [0.717, 1.165) is 4.47 Å². The summed E-state index contributed by atoms with van der Waals surface area (Å²) in [6, 6.07) is 9.07. The van der Waals surface area contributed by atoms with E-state index in [0.29, 0.717) is 11.4 Å². The van der Waals surface area contributed by atoms with Crippen LogP contribution in [0.2, 0.25) is 0 Å². The molecule has 0 saturated carbocycles. The van der Waals surface area contributed by atoms with Gasteiger partial charge in [-0.25, -0.2) is 14.2 Å². The minimum atomic E-state index is -0.424. The summed E-state index contributed by atoms with van der Waals surface area (Å²) in [5.41, 5.74) is 0.659. The van der Waals surface area contributed by atoms with Crippen molar-refractivity contribution >= 4 is 33.9 Å². The number of nitrogens with one attached hydrogen (secondary N) is 2. The van der Waals surface area contributed by atoms with Crippen LogP contribution in [0.1, 0.15) is 5.56 Å². The summed E-state index contributed by atoms with van der Waals surface area (Å²) in [7, 11) is 0. The van der Waals surface area contributed by atoms with Gasteiger partial charge in [-0.2, -0.15) is 0 Å². The molecule has 0 aliphatic rings. The van der Waals surface area contributed by atoms with Crippen molar-refractivity contribution in [2.24, 2.45) is 0 Å². The van der Waals surface area contributed by atoms with Gasteiger partial charge in [0.2, 0.25) is 0 Å². The number of urea groups is 1. The minimum Gasteiger partial charge on any atom is -0.314 e. The van der Waals surface area contributed by atoms with Crippen molar-refractivity contribution < 1.29 is 9.18 Å². The second-order valence-electron chi connectivity index (χ2n) is 3.85. The molecular formula is C14H11BrFN3O. The maximum atomic E-state index is 12.9. The van der Waals surface area contributed by atoms with E-state index in [1.807, 2.05) is 0 Å². The van der Waals surface area contributed by atoms with Crippen LogP contribution in [0.3, 0.4) is 0 Å². The number of carbonyl (C=O) groups is 1. The SMILES string of the molecule is O=C(N/C=C/c1cccc(F)c1)Nc1ccc(Br)cn1. The normalized spacial score (nSPS) is 10.5. The molecule has 6 heteroatoms. The molecule has 1 heterocycles. The van der Waals surface area contributed by atoms with Crippen molar-refractivity contribution in [3.05, 3.63) is 64.6 Å². The minimum absolute atomic E-state index is 0.323. The van der Waals surface area contributed by atoms with E-state index in [2.05, 4.69) is 31.5 Å². The molecule has 0 aliphatic carbocycles. The smallest absolute Gasteiger partial charge is 0.314 e. The maximum absolute atomic E-state index is 12.9. The third-order valence-corrected chi connectivity index (χ3v) is 2.78. The lowest BCUT2D eigenvalue weighted by Crippen LogP contribution is -2.24. The van der Waals surface area contributed by atoms with Crippen molar-refractivity contribution in [2.75, 3.05) is 5.32 Å². The first-order chi connectivity index (χ1) is 9.63. The van der Waals surface area contributed by atoms with Crippen LogP contribution in [0, 0.1) is 5.82 Å². The Hall–Kier alpha value is -2.21. The predicted molar refractivity (Wildman–Crippen MR) is 79.5 cm³/mol. The summed E-state index contributed by atoms with van der Waals surface area (Å²) in [4.78, 5) is 15.6. The van der Waals surface area contributed by atoms with Crippen LogP contribution in [-0.4, -0.2) is 11.0 Å². The summed E-state index contributed by atoms with van der Waals surface area (Å²) in [5.74, 6) is 0.112. The van der Waals surface area contributed by atoms with Gasteiger partial charge in [-0.05, 0) is 51.8 Å². The van der Waals surface area contributed by atoms with E-state index in [4.69, 9.17) is 0 Å². The average Bonchev–Trinajstić information content (AvgIpc) is 2.41. The van der Waals surface area contributed by atoms with Crippen molar-refractivity contribution in [3.63, 3.8) is 0 Å². The van der Waals surface area contributed by atoms with E-state index < -0.39 is 6.03 Å². The van der Waals surface area contributed by atoms with Crippen molar-refractivity contribution in [2.45, 2.75) is 0 Å². The van der Waals surface area contributed by atoms with Crippen LogP contribution in [0.15, 0.2) is 53.3 Å². The Morgan fingerprint density at radius 3 is 2.85 bits per heavy atom. The molecule has 0 atom stereocenters. The third-order valence-electron chi connectivity index (χ3n) is 2.31. The van der Waals surface area contributed by atoms with Gasteiger partial charge in [-0.3, -0.25) is 5.32 Å². The molecule has 2 amide bonds. The highest BCUT2D eigenvalue weighted by atomic mass is 79.9. The summed E-state index contributed by atoms with van der Waals surface area (Å²) in [6.45, 7) is 0. The first-order valence-corrected chi connectivity index (χ1v) is 6.54. The fourth-order valence-electron chi connectivity index (χ4n) is 1.43. The number of amides is 2. The largest absolute Gasteiger partial charge is 0.324 e. The van der Waals surface area contributed by atoms with E-state index in [-0.39, 0.29) is 5.82 Å². The number of pyridine rings is 1. The molecule has 2 N–H and O–H groups in total. The molecule has 0 fully saturated rings. The molecule has 0 aliphatic heterocycles. The molecule has 1 aromatic carbocycles. The molecule has 0 unspecified atom stereocenters. The lowest BCUT2D eigenvalue weighted by atomic mass is 10.2. The number of halogens is 2. The highest BCUT2D eigenvalue weighted by Gasteiger charge is 1.99. The van der Waals surface area contributed by atoms with Gasteiger partial charge in [-0.15, -0.1) is 0 Å². The Morgan fingerprint density at radius 1 is 1.30 bits per heavy atom. The quantitative estimate of drug-likeness (QED) is 0.896. The molecule has 1 aromatic heterocycles. The number of nitrogens with zero attached hydrogens (tertiary/aromatic N) is 1. The molecule has 0 saturated heterocycles. The molecule has 2 aromatic rings. The molecule has 0 spiro atoms. The van der Waals surface area contributed by atoms with Gasteiger partial charge >= 0.3 is 6.03 Å². The van der Waals surface area contributed by atoms with Crippen molar-refractivity contribution in [3.8, 4) is 0 Å². The summed E-state index contributed by atoms with van der Waals surface area (Å²) >= 11 is 3.25. The van der Waals surface area contributed by atoms with Crippen LogP contribution in [-0.2, 0) is 0 Å². The zero-order valence-corrected chi connectivity index (χ0v) is 11.9. The Kier molecular flexibility index (Phi) is 4.84. The monoisotopic (exact) mass is 335 g/mol. The van der Waals surface area contributed by atoms with Crippen LogP contribution < -0.4 is 10.6 Å². The molecular weight excluding hydrogens is 325 g/mol. The van der Waals surface area contributed by atoms with Crippen LogP contribution in [0.5, 0.6) is 0 Å². The fourth-order valence-corrected chi connectivity index (χ4v) is 1.66. The number of aromatic nitrogens is 1. The van der Waals surface area contributed by atoms with Crippen LogP contribution in [0.4, 0.5) is 15.0 Å². The van der Waals surface area contributed by atoms with Gasteiger partial charge in [0.25, 0.3) is 0 Å². The molecule has 102 valence electrons. The van der Waals surface area contributed by atoms with Gasteiger partial charge in [0.15, 0.2) is 0 Å². The first kappa shape index (κ1) is 14.2. The van der Waals surface area contributed by atoms with Crippen LogP contribution in [0.25, 0.3) is 6.08 Å². The molecule has 4 nitrogen and oxygen atoms in total. The number of anilines is 1.